The maximum Gasteiger partial charge on any atom is 0.352 e. The Hall–Kier alpha value is -2.56. The van der Waals surface area contributed by atoms with Crippen LogP contribution in [0.4, 0.5) is 0 Å². The lowest BCUT2D eigenvalue weighted by molar-refractivity contribution is -0.201. The molecule has 1 saturated heterocycles. The number of thioether (sulfide) groups is 1. The van der Waals surface area contributed by atoms with Crippen LogP contribution in [-0.4, -0.2) is 63.1 Å². The second-order valence-corrected chi connectivity index (χ2v) is 7.90. The minimum absolute atomic E-state index is 0.0203. The number of β-lactam (4-membered cyclic amide) rings is 1. The van der Waals surface area contributed by atoms with Gasteiger partial charge < -0.3 is 19.9 Å². The van der Waals surface area contributed by atoms with Gasteiger partial charge in [0.05, 0.1) is 6.61 Å². The molecule has 0 radical (unpaired) electrons. The number of carboxylic acid groups (broad SMARTS) is 1. The zero-order valence-corrected chi connectivity index (χ0v) is 17.5. The summed E-state index contributed by atoms with van der Waals surface area (Å²) in [6.45, 7) is 0.984. The summed E-state index contributed by atoms with van der Waals surface area (Å²) in [6.07, 6.45) is 0. The van der Waals surface area contributed by atoms with Crippen LogP contribution in [0.5, 0.6) is 0 Å². The molecular weight excluding hydrogens is 436 g/mol. The van der Waals surface area contributed by atoms with Crippen molar-refractivity contribution < 1.29 is 33.8 Å². The van der Waals surface area contributed by atoms with Crippen LogP contribution in [0.3, 0.4) is 0 Å². The van der Waals surface area contributed by atoms with Crippen molar-refractivity contribution >= 4 is 47.1 Å². The molecule has 0 aliphatic carbocycles. The molecule has 3 rings (SSSR count). The molecule has 1 fully saturated rings. The predicted octanol–water partition coefficient (Wildman–Crippen LogP) is 1.07. The zero-order valence-electron chi connectivity index (χ0n) is 15.9. The number of carbonyl (C=O) groups is 4. The molecule has 1 aromatic rings. The fraction of sp³-hybridized carbons (Fsp3) is 0.368. The summed E-state index contributed by atoms with van der Waals surface area (Å²) in [5.41, 5.74) is -0.967. The summed E-state index contributed by atoms with van der Waals surface area (Å²) in [5, 5.41) is 11.4. The minimum atomic E-state index is -1.75. The number of fused-ring (bicyclic) bond motifs is 1. The Labute approximate surface area is 181 Å². The molecule has 2 aliphatic heterocycles. The third-order valence-corrected chi connectivity index (χ3v) is 6.13. The Bertz CT molecular complexity index is 907. The third-order valence-electron chi connectivity index (χ3n) is 4.52. The Morgan fingerprint density at radius 1 is 1.30 bits per heavy atom. The van der Waals surface area contributed by atoms with Gasteiger partial charge in [0.2, 0.25) is 5.91 Å². The molecule has 0 aromatic heterocycles. The van der Waals surface area contributed by atoms with Crippen LogP contribution in [0.2, 0.25) is 0 Å². The number of esters is 1. The lowest BCUT2D eigenvalue weighted by Gasteiger charge is -2.56. The topological polar surface area (TPSA) is 122 Å². The molecule has 30 heavy (non-hydrogen) atoms. The van der Waals surface area contributed by atoms with E-state index in [1.165, 1.54) is 18.7 Å². The normalized spacial score (nSPS) is 22.8. The molecule has 2 atom stereocenters. The summed E-state index contributed by atoms with van der Waals surface area (Å²) in [7, 11) is 0. The number of ether oxygens (including phenoxy) is 2. The van der Waals surface area contributed by atoms with E-state index >= 15 is 0 Å². The van der Waals surface area contributed by atoms with Gasteiger partial charge in [-0.05, 0) is 5.56 Å². The second kappa shape index (κ2) is 9.07. The molecule has 0 bridgehead atoms. The van der Waals surface area contributed by atoms with Gasteiger partial charge in [-0.3, -0.25) is 19.3 Å². The van der Waals surface area contributed by atoms with Crippen molar-refractivity contribution in [1.82, 2.24) is 10.2 Å². The Kier molecular flexibility index (Phi) is 6.69. The number of benzene rings is 1. The zero-order chi connectivity index (χ0) is 21.9. The van der Waals surface area contributed by atoms with Crippen LogP contribution in [0.1, 0.15) is 12.5 Å². The van der Waals surface area contributed by atoms with Crippen LogP contribution in [-0.2, 0) is 35.3 Å². The van der Waals surface area contributed by atoms with E-state index in [1.807, 2.05) is 6.07 Å². The number of aliphatic carboxylic acids is 1. The summed E-state index contributed by atoms with van der Waals surface area (Å²) in [4.78, 5) is 49.2. The number of hydrogen-bond acceptors (Lipinski definition) is 7. The third kappa shape index (κ3) is 4.16. The predicted molar refractivity (Wildman–Crippen MR) is 107 cm³/mol. The van der Waals surface area contributed by atoms with Gasteiger partial charge in [0.15, 0.2) is 0 Å². The van der Waals surface area contributed by atoms with Gasteiger partial charge in [-0.2, -0.15) is 0 Å². The maximum absolute atomic E-state index is 13.1. The number of alkyl halides is 1. The lowest BCUT2D eigenvalue weighted by Crippen LogP contribution is -2.81. The molecule has 2 aliphatic rings. The van der Waals surface area contributed by atoms with Crippen molar-refractivity contribution in [3.05, 3.63) is 47.2 Å². The molecule has 160 valence electrons. The molecule has 0 spiro atoms. The highest BCUT2D eigenvalue weighted by Crippen LogP contribution is 2.47. The Morgan fingerprint density at radius 2 is 2.00 bits per heavy atom. The SMILES string of the molecule is CC(=O)OCC1=C(C(=O)O)N2C(=O)[C@@](NC(=O)CCl)(OCc3ccccc3)[C@H]2SC1. The van der Waals surface area contributed by atoms with Gasteiger partial charge >= 0.3 is 11.9 Å². The van der Waals surface area contributed by atoms with Gasteiger partial charge in [0, 0.05) is 18.2 Å². The quantitative estimate of drug-likeness (QED) is 0.259. The minimum Gasteiger partial charge on any atom is -0.477 e. The number of halogens is 1. The number of rotatable bonds is 8. The number of nitrogens with zero attached hydrogens (tertiary/aromatic N) is 1. The van der Waals surface area contributed by atoms with E-state index in [2.05, 4.69) is 5.32 Å². The van der Waals surface area contributed by atoms with Crippen molar-refractivity contribution in [1.29, 1.82) is 0 Å². The molecule has 9 nitrogen and oxygen atoms in total. The van der Waals surface area contributed by atoms with E-state index in [4.69, 9.17) is 21.1 Å². The van der Waals surface area contributed by atoms with Crippen LogP contribution >= 0.6 is 23.4 Å². The summed E-state index contributed by atoms with van der Waals surface area (Å²) < 4.78 is 10.8. The van der Waals surface area contributed by atoms with Crippen molar-refractivity contribution in [2.24, 2.45) is 0 Å². The van der Waals surface area contributed by atoms with Gasteiger partial charge in [0.25, 0.3) is 11.6 Å². The van der Waals surface area contributed by atoms with E-state index in [1.54, 1.807) is 24.3 Å². The van der Waals surface area contributed by atoms with Crippen molar-refractivity contribution in [2.75, 3.05) is 18.2 Å². The average molecular weight is 455 g/mol. The first kappa shape index (κ1) is 22.1. The van der Waals surface area contributed by atoms with Crippen molar-refractivity contribution in [2.45, 2.75) is 24.6 Å². The van der Waals surface area contributed by atoms with Crippen LogP contribution in [0, 0.1) is 0 Å². The maximum atomic E-state index is 13.1. The smallest absolute Gasteiger partial charge is 0.352 e. The summed E-state index contributed by atoms with van der Waals surface area (Å²) >= 11 is 6.80. The van der Waals surface area contributed by atoms with Crippen molar-refractivity contribution in [3.63, 3.8) is 0 Å². The van der Waals surface area contributed by atoms with E-state index in [0.717, 1.165) is 10.5 Å². The molecule has 0 saturated carbocycles. The first-order valence-corrected chi connectivity index (χ1v) is 10.5. The van der Waals surface area contributed by atoms with Gasteiger partial charge in [-0.15, -0.1) is 23.4 Å². The number of nitrogens with one attached hydrogen (secondary N) is 1. The molecule has 11 heteroatoms. The van der Waals surface area contributed by atoms with E-state index < -0.39 is 34.9 Å². The van der Waals surface area contributed by atoms with Crippen LogP contribution < -0.4 is 5.32 Å². The number of carboxylic acids is 1. The molecule has 2 N–H and O–H groups in total. The highest BCUT2D eigenvalue weighted by Gasteiger charge is 2.67. The van der Waals surface area contributed by atoms with Crippen LogP contribution in [0.25, 0.3) is 0 Å². The van der Waals surface area contributed by atoms with Crippen molar-refractivity contribution in [3.8, 4) is 0 Å². The number of hydrogen-bond donors (Lipinski definition) is 2. The van der Waals surface area contributed by atoms with Gasteiger partial charge in [-0.1, -0.05) is 30.3 Å². The fourth-order valence-corrected chi connectivity index (χ4v) is 4.64. The summed E-state index contributed by atoms with van der Waals surface area (Å²) in [5.74, 6) is -3.46. The average Bonchev–Trinajstić information content (AvgIpc) is 2.74. The standard InChI is InChI=1S/C19H19ClN2O7S/c1-11(23)28-9-13-10-30-18-19(21-14(24)7-20,17(27)22(18)15(13)16(25)26)29-8-12-5-3-2-4-6-12/h2-6,18H,7-10H2,1H3,(H,21,24)(H,25,26)/t18-,19-/m1/s1. The molecule has 2 amide bonds. The Morgan fingerprint density at radius 3 is 2.60 bits per heavy atom. The molecular formula is C19H19ClN2O7S. The first-order chi connectivity index (χ1) is 14.3. The van der Waals surface area contributed by atoms with Gasteiger partial charge in [0.1, 0.15) is 23.6 Å². The Balaban J connectivity index is 1.90. The van der Waals surface area contributed by atoms with E-state index in [9.17, 15) is 24.3 Å². The number of amides is 2. The van der Waals surface area contributed by atoms with E-state index in [0.29, 0.717) is 0 Å². The highest BCUT2D eigenvalue weighted by atomic mass is 35.5. The van der Waals surface area contributed by atoms with Crippen LogP contribution in [0.15, 0.2) is 41.6 Å². The molecule has 2 heterocycles. The molecule has 0 unspecified atom stereocenters. The number of carbonyl (C=O) groups excluding carboxylic acids is 3. The first-order valence-electron chi connectivity index (χ1n) is 8.89. The summed E-state index contributed by atoms with van der Waals surface area (Å²) in [6, 6.07) is 9.03. The fourth-order valence-electron chi connectivity index (χ4n) is 3.18. The highest BCUT2D eigenvalue weighted by molar-refractivity contribution is 8.00. The van der Waals surface area contributed by atoms with Gasteiger partial charge in [-0.25, -0.2) is 4.79 Å². The lowest BCUT2D eigenvalue weighted by atomic mass is 9.98. The van der Waals surface area contributed by atoms with E-state index in [-0.39, 0.29) is 36.1 Å². The largest absolute Gasteiger partial charge is 0.477 e. The second-order valence-electron chi connectivity index (χ2n) is 6.57. The molecule has 1 aromatic carbocycles. The monoisotopic (exact) mass is 454 g/mol.